The van der Waals surface area contributed by atoms with Crippen LogP contribution in [0.1, 0.15) is 44.1 Å². The lowest BCUT2D eigenvalue weighted by Crippen LogP contribution is -2.44. The van der Waals surface area contributed by atoms with Crippen molar-refractivity contribution in [3.05, 3.63) is 29.6 Å². The fourth-order valence-electron chi connectivity index (χ4n) is 4.39. The number of carbonyl (C=O) groups is 3. The molecule has 0 unspecified atom stereocenters. The van der Waals surface area contributed by atoms with Gasteiger partial charge in [-0.2, -0.15) is 0 Å². The highest BCUT2D eigenvalue weighted by molar-refractivity contribution is 6.07. The molecular weight excluding hydrogens is 337 g/mol. The monoisotopic (exact) mass is 359 g/mol. The Bertz CT molecular complexity index is 773. The number of halogens is 1. The van der Waals surface area contributed by atoms with E-state index < -0.39 is 17.4 Å². The van der Waals surface area contributed by atoms with E-state index >= 15 is 0 Å². The van der Waals surface area contributed by atoms with Crippen molar-refractivity contribution in [3.63, 3.8) is 0 Å². The van der Waals surface area contributed by atoms with Crippen LogP contribution in [0, 0.1) is 5.82 Å². The number of rotatable bonds is 3. The number of fused-ring (bicyclic) bond motifs is 1. The molecule has 0 atom stereocenters. The Labute approximate surface area is 151 Å². The molecule has 3 aliphatic rings. The van der Waals surface area contributed by atoms with Crippen LogP contribution >= 0.6 is 0 Å². The maximum absolute atomic E-state index is 14.2. The Hall–Kier alpha value is -2.44. The molecule has 1 aromatic rings. The Morgan fingerprint density at radius 3 is 2.73 bits per heavy atom. The molecule has 138 valence electrons. The Kier molecular flexibility index (Phi) is 4.17. The molecule has 7 heteroatoms. The Morgan fingerprint density at radius 1 is 1.19 bits per heavy atom. The van der Waals surface area contributed by atoms with Crippen molar-refractivity contribution in [1.29, 1.82) is 0 Å². The zero-order valence-corrected chi connectivity index (χ0v) is 14.6. The average molecular weight is 359 g/mol. The van der Waals surface area contributed by atoms with Gasteiger partial charge in [-0.15, -0.1) is 0 Å². The summed E-state index contributed by atoms with van der Waals surface area (Å²) in [5.74, 6) is -0.891. The molecule has 1 aromatic carbocycles. The van der Waals surface area contributed by atoms with E-state index in [-0.39, 0.29) is 24.8 Å². The molecule has 1 spiro atoms. The summed E-state index contributed by atoms with van der Waals surface area (Å²) in [6.45, 7) is 0.488. The second-order valence-corrected chi connectivity index (χ2v) is 7.32. The summed E-state index contributed by atoms with van der Waals surface area (Å²) < 4.78 is 14.2. The first kappa shape index (κ1) is 17.0. The van der Waals surface area contributed by atoms with Crippen molar-refractivity contribution in [2.24, 2.45) is 0 Å². The van der Waals surface area contributed by atoms with Gasteiger partial charge in [0.2, 0.25) is 5.91 Å². The smallest absolute Gasteiger partial charge is 0.323 e. The number of benzene rings is 1. The first-order valence-electron chi connectivity index (χ1n) is 9.24. The van der Waals surface area contributed by atoms with Crippen molar-refractivity contribution in [3.8, 4) is 0 Å². The normalized spacial score (nSPS) is 21.3. The van der Waals surface area contributed by atoms with Crippen LogP contribution in [-0.2, 0) is 16.0 Å². The van der Waals surface area contributed by atoms with Gasteiger partial charge in [-0.1, -0.05) is 25.0 Å². The van der Waals surface area contributed by atoms with Crippen LogP contribution in [-0.4, -0.2) is 41.4 Å². The van der Waals surface area contributed by atoms with Gasteiger partial charge >= 0.3 is 6.03 Å². The van der Waals surface area contributed by atoms with Crippen LogP contribution in [0.15, 0.2) is 18.2 Å². The third-order valence-corrected chi connectivity index (χ3v) is 5.72. The molecule has 0 aromatic heterocycles. The van der Waals surface area contributed by atoms with E-state index in [0.717, 1.165) is 36.1 Å². The molecule has 4 amide bonds. The van der Waals surface area contributed by atoms with Crippen molar-refractivity contribution < 1.29 is 18.8 Å². The lowest BCUT2D eigenvalue weighted by Gasteiger charge is -2.30. The molecule has 1 N–H and O–H groups in total. The zero-order chi connectivity index (χ0) is 18.3. The third-order valence-electron chi connectivity index (χ3n) is 5.72. The molecule has 0 radical (unpaired) electrons. The van der Waals surface area contributed by atoms with Crippen LogP contribution in [0.3, 0.4) is 0 Å². The molecule has 1 aliphatic carbocycles. The van der Waals surface area contributed by atoms with Crippen molar-refractivity contribution in [2.45, 2.75) is 50.5 Å². The van der Waals surface area contributed by atoms with Crippen LogP contribution in [0.2, 0.25) is 0 Å². The summed E-state index contributed by atoms with van der Waals surface area (Å²) in [7, 11) is 0. The van der Waals surface area contributed by atoms with E-state index in [4.69, 9.17) is 0 Å². The molecule has 1 saturated heterocycles. The van der Waals surface area contributed by atoms with Gasteiger partial charge in [-0.3, -0.25) is 14.5 Å². The second kappa shape index (κ2) is 6.37. The zero-order valence-electron chi connectivity index (χ0n) is 14.6. The second-order valence-electron chi connectivity index (χ2n) is 7.32. The topological polar surface area (TPSA) is 69.7 Å². The third kappa shape index (κ3) is 2.66. The maximum Gasteiger partial charge on any atom is 0.325 e. The summed E-state index contributed by atoms with van der Waals surface area (Å²) in [6, 6.07) is 4.41. The number of nitrogens with one attached hydrogen (secondary N) is 1. The van der Waals surface area contributed by atoms with Gasteiger partial charge in [0.1, 0.15) is 11.4 Å². The standard InChI is InChI=1S/C19H22FN3O3/c20-14-7-3-5-13-6-4-11-22(16(13)14)15(24)8-12-23-17(25)19(21-18(23)26)9-1-2-10-19/h3,5,7H,1-2,4,6,8-12H2,(H,21,26). The molecule has 2 fully saturated rings. The highest BCUT2D eigenvalue weighted by atomic mass is 19.1. The first-order valence-corrected chi connectivity index (χ1v) is 9.24. The lowest BCUT2D eigenvalue weighted by atomic mass is 9.98. The number of imide groups is 1. The van der Waals surface area contributed by atoms with Crippen LogP contribution < -0.4 is 10.2 Å². The number of para-hydroxylation sites is 1. The molecule has 2 aliphatic heterocycles. The minimum atomic E-state index is -0.760. The highest BCUT2D eigenvalue weighted by Crippen LogP contribution is 2.35. The van der Waals surface area contributed by atoms with Gasteiger partial charge in [0.15, 0.2) is 0 Å². The predicted octanol–water partition coefficient (Wildman–Crippen LogP) is 2.36. The maximum atomic E-state index is 14.2. The minimum Gasteiger partial charge on any atom is -0.323 e. The quantitative estimate of drug-likeness (QED) is 0.843. The van der Waals surface area contributed by atoms with Crippen molar-refractivity contribution in [1.82, 2.24) is 10.2 Å². The van der Waals surface area contributed by atoms with E-state index in [2.05, 4.69) is 5.32 Å². The summed E-state index contributed by atoms with van der Waals surface area (Å²) in [6.07, 6.45) is 4.68. The Balaban J connectivity index is 1.46. The average Bonchev–Trinajstić information content (AvgIpc) is 3.19. The first-order chi connectivity index (χ1) is 12.5. The molecule has 0 bridgehead atoms. The molecule has 4 rings (SSSR count). The van der Waals surface area contributed by atoms with Crippen LogP contribution in [0.25, 0.3) is 0 Å². The van der Waals surface area contributed by atoms with Crippen molar-refractivity contribution >= 4 is 23.5 Å². The fourth-order valence-corrected chi connectivity index (χ4v) is 4.39. The number of aryl methyl sites for hydroxylation is 1. The Morgan fingerprint density at radius 2 is 1.96 bits per heavy atom. The summed E-state index contributed by atoms with van der Waals surface area (Å²) in [5.41, 5.74) is 0.405. The summed E-state index contributed by atoms with van der Waals surface area (Å²) in [4.78, 5) is 40.1. The number of nitrogens with zero attached hydrogens (tertiary/aromatic N) is 2. The molecule has 2 heterocycles. The van der Waals surface area contributed by atoms with E-state index in [9.17, 15) is 18.8 Å². The van der Waals surface area contributed by atoms with Gasteiger partial charge in [-0.05, 0) is 37.3 Å². The number of hydrogen-bond donors (Lipinski definition) is 1. The molecule has 26 heavy (non-hydrogen) atoms. The highest BCUT2D eigenvalue weighted by Gasteiger charge is 2.52. The fraction of sp³-hybridized carbons (Fsp3) is 0.526. The predicted molar refractivity (Wildman–Crippen MR) is 93.1 cm³/mol. The van der Waals surface area contributed by atoms with Gasteiger partial charge in [0.05, 0.1) is 5.69 Å². The van der Waals surface area contributed by atoms with E-state index in [0.29, 0.717) is 25.1 Å². The number of carbonyl (C=O) groups excluding carboxylic acids is 3. The largest absolute Gasteiger partial charge is 0.325 e. The SMILES string of the molecule is O=C1NC2(CCCC2)C(=O)N1CCC(=O)N1CCCc2cccc(F)c21. The minimum absolute atomic E-state index is 0.00299. The van der Waals surface area contributed by atoms with Crippen LogP contribution in [0.4, 0.5) is 14.9 Å². The number of urea groups is 1. The van der Waals surface area contributed by atoms with Crippen molar-refractivity contribution in [2.75, 3.05) is 18.0 Å². The number of hydrogen-bond acceptors (Lipinski definition) is 3. The lowest BCUT2D eigenvalue weighted by molar-refractivity contribution is -0.131. The van der Waals surface area contributed by atoms with Gasteiger partial charge in [0.25, 0.3) is 5.91 Å². The van der Waals surface area contributed by atoms with E-state index in [1.54, 1.807) is 6.07 Å². The molecular formula is C19H22FN3O3. The van der Waals surface area contributed by atoms with Gasteiger partial charge < -0.3 is 10.2 Å². The molecule has 1 saturated carbocycles. The number of amides is 4. The molecule has 6 nitrogen and oxygen atoms in total. The summed E-state index contributed by atoms with van der Waals surface area (Å²) in [5, 5.41) is 2.81. The number of anilines is 1. The van der Waals surface area contributed by atoms with E-state index in [1.807, 2.05) is 6.07 Å². The summed E-state index contributed by atoms with van der Waals surface area (Å²) >= 11 is 0. The van der Waals surface area contributed by atoms with E-state index in [1.165, 1.54) is 11.0 Å². The van der Waals surface area contributed by atoms with Gasteiger partial charge in [-0.25, -0.2) is 9.18 Å². The van der Waals surface area contributed by atoms with Gasteiger partial charge in [0, 0.05) is 19.5 Å². The van der Waals surface area contributed by atoms with Crippen LogP contribution in [0.5, 0.6) is 0 Å².